The molecule has 2 aromatic carbocycles. The van der Waals surface area contributed by atoms with E-state index in [9.17, 15) is 9.59 Å². The number of carbonyl (C=O) groups is 2. The van der Waals surface area contributed by atoms with E-state index in [0.717, 1.165) is 33.8 Å². The van der Waals surface area contributed by atoms with Gasteiger partial charge in [0.25, 0.3) is 0 Å². The van der Waals surface area contributed by atoms with Crippen LogP contribution in [-0.2, 0) is 9.59 Å². The number of nitrogens with zero attached hydrogens (tertiary/aromatic N) is 5. The fraction of sp³-hybridized carbons (Fsp3) is 0.360. The minimum Gasteiger partial charge on any atom is -0.352 e. The molecule has 2 amide bonds. The molecule has 0 radical (unpaired) electrons. The van der Waals surface area contributed by atoms with Gasteiger partial charge in [-0.25, -0.2) is 9.97 Å². The number of rotatable bonds is 3. The molecule has 0 aliphatic carbocycles. The number of anilines is 2. The molecule has 0 saturated carbocycles. The van der Waals surface area contributed by atoms with Crippen LogP contribution in [0.5, 0.6) is 0 Å². The van der Waals surface area contributed by atoms with E-state index in [2.05, 4.69) is 4.90 Å². The lowest BCUT2D eigenvalue weighted by Gasteiger charge is -2.36. The predicted octanol–water partition coefficient (Wildman–Crippen LogP) is 2.95. The zero-order valence-electron chi connectivity index (χ0n) is 18.5. The molecule has 164 valence electrons. The molecule has 32 heavy (non-hydrogen) atoms. The third-order valence-electron chi connectivity index (χ3n) is 6.43. The van der Waals surface area contributed by atoms with Crippen molar-refractivity contribution in [2.24, 2.45) is 5.92 Å². The number of fused-ring (bicyclic) bond motifs is 1. The van der Waals surface area contributed by atoms with E-state index in [0.29, 0.717) is 32.7 Å². The van der Waals surface area contributed by atoms with E-state index >= 15 is 0 Å². The van der Waals surface area contributed by atoms with E-state index in [-0.39, 0.29) is 24.2 Å². The first-order valence-electron chi connectivity index (χ1n) is 11.1. The van der Waals surface area contributed by atoms with E-state index in [4.69, 9.17) is 9.97 Å². The van der Waals surface area contributed by atoms with Crippen molar-refractivity contribution in [3.8, 4) is 0 Å². The van der Waals surface area contributed by atoms with Crippen LogP contribution in [0.1, 0.15) is 17.7 Å². The number of piperazine rings is 1. The number of aromatic nitrogens is 2. The zero-order valence-corrected chi connectivity index (χ0v) is 18.5. The van der Waals surface area contributed by atoms with E-state index in [1.807, 2.05) is 67.3 Å². The molecule has 1 atom stereocenters. The van der Waals surface area contributed by atoms with Crippen LogP contribution < -0.4 is 9.80 Å². The summed E-state index contributed by atoms with van der Waals surface area (Å²) < 4.78 is 0. The Bertz CT molecular complexity index is 1170. The lowest BCUT2D eigenvalue weighted by molar-refractivity contribution is -0.136. The number of carbonyl (C=O) groups excluding carboxylic acids is 2. The molecule has 7 nitrogen and oxygen atoms in total. The normalized spacial score (nSPS) is 19.1. The van der Waals surface area contributed by atoms with Crippen molar-refractivity contribution in [2.45, 2.75) is 20.3 Å². The number of hydrogen-bond donors (Lipinski definition) is 0. The molecular weight excluding hydrogens is 402 g/mol. The van der Waals surface area contributed by atoms with Crippen LogP contribution in [0.4, 0.5) is 11.5 Å². The van der Waals surface area contributed by atoms with Crippen LogP contribution in [0.25, 0.3) is 11.0 Å². The van der Waals surface area contributed by atoms with Crippen LogP contribution in [0.2, 0.25) is 0 Å². The van der Waals surface area contributed by atoms with Crippen molar-refractivity contribution in [3.63, 3.8) is 0 Å². The highest BCUT2D eigenvalue weighted by molar-refractivity contribution is 6.00. The monoisotopic (exact) mass is 429 g/mol. The SMILES string of the molecule is Cc1ccc(N2CC(C(=O)N3CCN(c4nc5ccccc5nc4C)CC3)CC2=O)cc1. The highest BCUT2D eigenvalue weighted by Gasteiger charge is 2.38. The van der Waals surface area contributed by atoms with Crippen molar-refractivity contribution in [2.75, 3.05) is 42.5 Å². The van der Waals surface area contributed by atoms with Gasteiger partial charge in [0.1, 0.15) is 0 Å². The minimum absolute atomic E-state index is 0.0212. The van der Waals surface area contributed by atoms with Crippen molar-refractivity contribution in [1.29, 1.82) is 0 Å². The van der Waals surface area contributed by atoms with Gasteiger partial charge in [0.2, 0.25) is 11.8 Å². The molecule has 2 fully saturated rings. The van der Waals surface area contributed by atoms with Gasteiger partial charge in [-0.2, -0.15) is 0 Å². The summed E-state index contributed by atoms with van der Waals surface area (Å²) in [6, 6.07) is 15.8. The molecule has 7 heteroatoms. The summed E-state index contributed by atoms with van der Waals surface area (Å²) in [5.41, 5.74) is 4.70. The second-order valence-corrected chi connectivity index (χ2v) is 8.67. The molecule has 1 aromatic heterocycles. The molecule has 0 spiro atoms. The summed E-state index contributed by atoms with van der Waals surface area (Å²) >= 11 is 0. The molecular formula is C25H27N5O2. The van der Waals surface area contributed by atoms with Crippen LogP contribution in [0.3, 0.4) is 0 Å². The largest absolute Gasteiger partial charge is 0.352 e. The Hall–Kier alpha value is -3.48. The predicted molar refractivity (Wildman–Crippen MR) is 125 cm³/mol. The van der Waals surface area contributed by atoms with Crippen LogP contribution >= 0.6 is 0 Å². The average molecular weight is 430 g/mol. The Kier molecular flexibility index (Phi) is 5.25. The Morgan fingerprint density at radius 2 is 1.56 bits per heavy atom. The second-order valence-electron chi connectivity index (χ2n) is 8.67. The first kappa shape index (κ1) is 20.4. The van der Waals surface area contributed by atoms with Crippen molar-refractivity contribution in [3.05, 3.63) is 59.8 Å². The second kappa shape index (κ2) is 8.22. The number of hydrogen-bond acceptors (Lipinski definition) is 5. The van der Waals surface area contributed by atoms with Crippen LogP contribution in [0.15, 0.2) is 48.5 Å². The molecule has 3 heterocycles. The van der Waals surface area contributed by atoms with Gasteiger partial charge in [0, 0.05) is 44.8 Å². The molecule has 2 aliphatic rings. The van der Waals surface area contributed by atoms with E-state index in [1.165, 1.54) is 0 Å². The fourth-order valence-corrected chi connectivity index (χ4v) is 4.62. The van der Waals surface area contributed by atoms with Gasteiger partial charge in [0.05, 0.1) is 22.6 Å². The van der Waals surface area contributed by atoms with Gasteiger partial charge in [-0.05, 0) is 38.1 Å². The number of amides is 2. The molecule has 0 bridgehead atoms. The third-order valence-corrected chi connectivity index (χ3v) is 6.43. The summed E-state index contributed by atoms with van der Waals surface area (Å²) in [6.45, 7) is 7.13. The first-order chi connectivity index (χ1) is 15.5. The van der Waals surface area contributed by atoms with Gasteiger partial charge in [-0.3, -0.25) is 9.59 Å². The van der Waals surface area contributed by atoms with Gasteiger partial charge >= 0.3 is 0 Å². The quantitative estimate of drug-likeness (QED) is 0.640. The van der Waals surface area contributed by atoms with Crippen molar-refractivity contribution in [1.82, 2.24) is 14.9 Å². The van der Waals surface area contributed by atoms with E-state index < -0.39 is 0 Å². The van der Waals surface area contributed by atoms with Crippen LogP contribution in [-0.4, -0.2) is 59.4 Å². The zero-order chi connectivity index (χ0) is 22.2. The van der Waals surface area contributed by atoms with Gasteiger partial charge in [-0.1, -0.05) is 29.8 Å². The number of para-hydroxylation sites is 2. The Morgan fingerprint density at radius 3 is 2.25 bits per heavy atom. The molecule has 5 rings (SSSR count). The summed E-state index contributed by atoms with van der Waals surface area (Å²) in [5.74, 6) is 0.705. The maximum atomic E-state index is 13.2. The lowest BCUT2D eigenvalue weighted by Crippen LogP contribution is -2.51. The Balaban J connectivity index is 1.24. The lowest BCUT2D eigenvalue weighted by atomic mass is 10.1. The smallest absolute Gasteiger partial charge is 0.228 e. The summed E-state index contributed by atoms with van der Waals surface area (Å²) in [5, 5.41) is 0. The molecule has 0 N–H and O–H groups in total. The van der Waals surface area contributed by atoms with Crippen molar-refractivity contribution >= 4 is 34.4 Å². The topological polar surface area (TPSA) is 69.6 Å². The van der Waals surface area contributed by atoms with Crippen molar-refractivity contribution < 1.29 is 9.59 Å². The molecule has 1 unspecified atom stereocenters. The number of benzene rings is 2. The fourth-order valence-electron chi connectivity index (χ4n) is 4.62. The Morgan fingerprint density at radius 1 is 0.906 bits per heavy atom. The van der Waals surface area contributed by atoms with Crippen LogP contribution in [0, 0.1) is 19.8 Å². The van der Waals surface area contributed by atoms with Gasteiger partial charge in [-0.15, -0.1) is 0 Å². The molecule has 2 aliphatic heterocycles. The molecule has 3 aromatic rings. The highest BCUT2D eigenvalue weighted by Crippen LogP contribution is 2.28. The number of aryl methyl sites for hydroxylation is 2. The van der Waals surface area contributed by atoms with Gasteiger partial charge < -0.3 is 14.7 Å². The first-order valence-corrected chi connectivity index (χ1v) is 11.1. The van der Waals surface area contributed by atoms with Gasteiger partial charge in [0.15, 0.2) is 5.82 Å². The highest BCUT2D eigenvalue weighted by atomic mass is 16.2. The van der Waals surface area contributed by atoms with E-state index in [1.54, 1.807) is 4.90 Å². The molecule has 2 saturated heterocycles. The standard InChI is InChI=1S/C25H27N5O2/c1-17-7-9-20(10-8-17)30-16-19(15-23(30)31)25(32)29-13-11-28(12-14-29)24-18(2)26-21-5-3-4-6-22(21)27-24/h3-10,19H,11-16H2,1-2H3. The third kappa shape index (κ3) is 3.79. The minimum atomic E-state index is -0.280. The maximum Gasteiger partial charge on any atom is 0.228 e. The summed E-state index contributed by atoms with van der Waals surface area (Å²) in [7, 11) is 0. The summed E-state index contributed by atoms with van der Waals surface area (Å²) in [6.07, 6.45) is 0.280. The Labute approximate surface area is 187 Å². The summed E-state index contributed by atoms with van der Waals surface area (Å²) in [4.78, 5) is 41.1. The average Bonchev–Trinajstić information content (AvgIpc) is 3.20. The maximum absolute atomic E-state index is 13.2.